The van der Waals surface area contributed by atoms with E-state index in [1.807, 2.05) is 24.6 Å². The van der Waals surface area contributed by atoms with Gasteiger partial charge in [-0.15, -0.1) is 35.3 Å². The standard InChI is InChI=1S/C15H26N4S.HI/c1-4-13-11-18-14(20-13)5-8-17-15(16-3)19-9-6-12(2)7-10-19;/h11-12H,4-10H2,1-3H3,(H,16,17);1H. The number of thiazole rings is 1. The first-order valence-corrected chi connectivity index (χ1v) is 8.43. The number of hydrogen-bond donors (Lipinski definition) is 1. The molecule has 1 aromatic heterocycles. The first kappa shape index (κ1) is 18.7. The third-order valence-corrected chi connectivity index (χ3v) is 5.07. The molecule has 120 valence electrons. The molecule has 6 heteroatoms. The van der Waals surface area contributed by atoms with Gasteiger partial charge < -0.3 is 10.2 Å². The zero-order chi connectivity index (χ0) is 14.4. The van der Waals surface area contributed by atoms with Crippen LogP contribution < -0.4 is 5.32 Å². The summed E-state index contributed by atoms with van der Waals surface area (Å²) in [5, 5.41) is 4.69. The highest BCUT2D eigenvalue weighted by Crippen LogP contribution is 2.16. The van der Waals surface area contributed by atoms with E-state index in [0.717, 1.165) is 44.4 Å². The Morgan fingerprint density at radius 3 is 2.76 bits per heavy atom. The lowest BCUT2D eigenvalue weighted by molar-refractivity contribution is 0.273. The number of piperidine rings is 1. The molecule has 1 fully saturated rings. The second-order valence-electron chi connectivity index (χ2n) is 5.47. The van der Waals surface area contributed by atoms with Crippen molar-refractivity contribution in [3.63, 3.8) is 0 Å². The molecule has 4 nitrogen and oxygen atoms in total. The number of aliphatic imine (C=N–C) groups is 1. The molecule has 0 atom stereocenters. The molecule has 1 aliphatic heterocycles. The number of hydrogen-bond acceptors (Lipinski definition) is 3. The number of nitrogens with one attached hydrogen (secondary N) is 1. The van der Waals surface area contributed by atoms with E-state index in [1.54, 1.807) is 0 Å². The van der Waals surface area contributed by atoms with Gasteiger partial charge in [-0.2, -0.15) is 0 Å². The lowest BCUT2D eigenvalue weighted by Crippen LogP contribution is -2.45. The summed E-state index contributed by atoms with van der Waals surface area (Å²) >= 11 is 1.82. The molecule has 0 saturated carbocycles. The highest BCUT2D eigenvalue weighted by molar-refractivity contribution is 14.0. The molecule has 1 saturated heterocycles. The number of guanidine groups is 1. The first-order valence-electron chi connectivity index (χ1n) is 7.62. The van der Waals surface area contributed by atoms with E-state index in [2.05, 4.69) is 34.0 Å². The van der Waals surface area contributed by atoms with E-state index in [4.69, 9.17) is 0 Å². The third kappa shape index (κ3) is 5.73. The summed E-state index contributed by atoms with van der Waals surface area (Å²) in [5.41, 5.74) is 0. The quantitative estimate of drug-likeness (QED) is 0.461. The molecule has 0 radical (unpaired) electrons. The monoisotopic (exact) mass is 422 g/mol. The van der Waals surface area contributed by atoms with Crippen LogP contribution in [-0.4, -0.2) is 42.5 Å². The van der Waals surface area contributed by atoms with Gasteiger partial charge in [0.25, 0.3) is 0 Å². The molecule has 1 N–H and O–H groups in total. The van der Waals surface area contributed by atoms with Crippen molar-refractivity contribution in [3.8, 4) is 0 Å². The second kappa shape index (κ2) is 9.61. The largest absolute Gasteiger partial charge is 0.356 e. The van der Waals surface area contributed by atoms with E-state index >= 15 is 0 Å². The Morgan fingerprint density at radius 2 is 2.19 bits per heavy atom. The SMILES string of the molecule is CCc1cnc(CCNC(=NC)N2CCC(C)CC2)s1.I. The van der Waals surface area contributed by atoms with E-state index < -0.39 is 0 Å². The lowest BCUT2D eigenvalue weighted by Gasteiger charge is -2.32. The summed E-state index contributed by atoms with van der Waals surface area (Å²) in [6, 6.07) is 0. The van der Waals surface area contributed by atoms with Crippen LogP contribution in [0.4, 0.5) is 0 Å². The fraction of sp³-hybridized carbons (Fsp3) is 0.733. The Labute approximate surface area is 149 Å². The van der Waals surface area contributed by atoms with E-state index in [9.17, 15) is 0 Å². The third-order valence-electron chi connectivity index (χ3n) is 3.87. The minimum atomic E-state index is 0. The molecule has 1 aliphatic rings. The normalized spacial score (nSPS) is 16.7. The fourth-order valence-corrected chi connectivity index (χ4v) is 3.32. The predicted octanol–water partition coefficient (Wildman–Crippen LogP) is 3.17. The van der Waals surface area contributed by atoms with Crippen LogP contribution >= 0.6 is 35.3 Å². The average Bonchev–Trinajstić information content (AvgIpc) is 2.93. The Kier molecular flexibility index (Phi) is 8.55. The molecule has 0 amide bonds. The molecule has 1 aromatic rings. The van der Waals surface area contributed by atoms with Crippen molar-refractivity contribution in [3.05, 3.63) is 16.1 Å². The van der Waals surface area contributed by atoms with Gasteiger partial charge in [-0.1, -0.05) is 13.8 Å². The van der Waals surface area contributed by atoms with Gasteiger partial charge in [-0.25, -0.2) is 4.98 Å². The van der Waals surface area contributed by atoms with Gasteiger partial charge in [0, 0.05) is 44.2 Å². The maximum absolute atomic E-state index is 4.46. The summed E-state index contributed by atoms with van der Waals surface area (Å²) in [6.07, 6.45) is 6.60. The van der Waals surface area contributed by atoms with Crippen LogP contribution in [0, 0.1) is 5.92 Å². The number of nitrogens with zero attached hydrogens (tertiary/aromatic N) is 3. The van der Waals surface area contributed by atoms with Crippen molar-refractivity contribution in [1.82, 2.24) is 15.2 Å². The lowest BCUT2D eigenvalue weighted by atomic mass is 10.00. The van der Waals surface area contributed by atoms with Crippen molar-refractivity contribution >= 4 is 41.3 Å². The minimum absolute atomic E-state index is 0. The van der Waals surface area contributed by atoms with Gasteiger partial charge in [-0.05, 0) is 25.2 Å². The summed E-state index contributed by atoms with van der Waals surface area (Å²) in [7, 11) is 1.87. The van der Waals surface area contributed by atoms with Gasteiger partial charge in [0.05, 0.1) is 5.01 Å². The Bertz CT molecular complexity index is 439. The molecular weight excluding hydrogens is 395 g/mol. The smallest absolute Gasteiger partial charge is 0.193 e. The van der Waals surface area contributed by atoms with E-state index in [0.29, 0.717) is 0 Å². The van der Waals surface area contributed by atoms with Crippen molar-refractivity contribution in [2.75, 3.05) is 26.7 Å². The van der Waals surface area contributed by atoms with Gasteiger partial charge in [0.15, 0.2) is 5.96 Å². The van der Waals surface area contributed by atoms with Crippen LogP contribution in [0.1, 0.15) is 36.6 Å². The summed E-state index contributed by atoms with van der Waals surface area (Å²) in [5.74, 6) is 1.90. The summed E-state index contributed by atoms with van der Waals surface area (Å²) < 4.78 is 0. The van der Waals surface area contributed by atoms with Gasteiger partial charge >= 0.3 is 0 Å². The zero-order valence-electron chi connectivity index (χ0n) is 13.3. The number of rotatable bonds is 4. The van der Waals surface area contributed by atoms with Crippen LogP contribution in [0.5, 0.6) is 0 Å². The summed E-state index contributed by atoms with van der Waals surface area (Å²) in [6.45, 7) is 7.67. The van der Waals surface area contributed by atoms with Gasteiger partial charge in [0.1, 0.15) is 0 Å². The van der Waals surface area contributed by atoms with E-state index in [1.165, 1.54) is 22.7 Å². The van der Waals surface area contributed by atoms with Crippen LogP contribution in [0.3, 0.4) is 0 Å². The maximum atomic E-state index is 4.46. The second-order valence-corrected chi connectivity index (χ2v) is 6.67. The topological polar surface area (TPSA) is 40.5 Å². The summed E-state index contributed by atoms with van der Waals surface area (Å²) in [4.78, 5) is 12.6. The highest BCUT2D eigenvalue weighted by atomic mass is 127. The van der Waals surface area contributed by atoms with Crippen molar-refractivity contribution < 1.29 is 0 Å². The molecule has 2 heterocycles. The molecule has 0 aliphatic carbocycles. The number of aryl methyl sites for hydroxylation is 1. The Morgan fingerprint density at radius 1 is 1.48 bits per heavy atom. The Hall–Kier alpha value is -0.370. The van der Waals surface area contributed by atoms with Crippen LogP contribution in [0.25, 0.3) is 0 Å². The van der Waals surface area contributed by atoms with Gasteiger partial charge in [0.2, 0.25) is 0 Å². The average molecular weight is 422 g/mol. The van der Waals surface area contributed by atoms with Gasteiger partial charge in [-0.3, -0.25) is 4.99 Å². The number of likely N-dealkylation sites (tertiary alicyclic amines) is 1. The molecule has 2 rings (SSSR count). The first-order chi connectivity index (χ1) is 9.72. The molecule has 0 aromatic carbocycles. The van der Waals surface area contributed by atoms with Crippen molar-refractivity contribution in [2.45, 2.75) is 39.5 Å². The molecule has 0 bridgehead atoms. The Balaban J connectivity index is 0.00000220. The molecule has 0 spiro atoms. The number of halogens is 1. The molecule has 21 heavy (non-hydrogen) atoms. The highest BCUT2D eigenvalue weighted by Gasteiger charge is 2.18. The van der Waals surface area contributed by atoms with Crippen molar-refractivity contribution in [2.24, 2.45) is 10.9 Å². The van der Waals surface area contributed by atoms with E-state index in [-0.39, 0.29) is 24.0 Å². The van der Waals surface area contributed by atoms with Crippen LogP contribution in [0.15, 0.2) is 11.2 Å². The molecular formula is C15H27IN4S. The molecule has 0 unspecified atom stereocenters. The zero-order valence-corrected chi connectivity index (χ0v) is 16.4. The van der Waals surface area contributed by atoms with Crippen LogP contribution in [-0.2, 0) is 12.8 Å². The number of aromatic nitrogens is 1. The fourth-order valence-electron chi connectivity index (χ4n) is 2.46. The minimum Gasteiger partial charge on any atom is -0.356 e. The predicted molar refractivity (Wildman–Crippen MR) is 102 cm³/mol. The van der Waals surface area contributed by atoms with Crippen molar-refractivity contribution in [1.29, 1.82) is 0 Å². The van der Waals surface area contributed by atoms with Crippen LogP contribution in [0.2, 0.25) is 0 Å². The maximum Gasteiger partial charge on any atom is 0.193 e.